The van der Waals surface area contributed by atoms with Crippen LogP contribution >= 0.6 is 7.82 Å². The SMILES string of the molecule is CC(N)Cc1c[nH]c2cccc(OP(=O)(O)O)c12. The van der Waals surface area contributed by atoms with Gasteiger partial charge in [-0.3, -0.25) is 9.79 Å². The lowest BCUT2D eigenvalue weighted by atomic mass is 10.1. The van der Waals surface area contributed by atoms with Crippen LogP contribution in [0.25, 0.3) is 10.9 Å². The number of aromatic amines is 1. The third-order valence-corrected chi connectivity index (χ3v) is 2.94. The summed E-state index contributed by atoms with van der Waals surface area (Å²) in [5.74, 6) is 0.165. The zero-order chi connectivity index (χ0) is 13.3. The van der Waals surface area contributed by atoms with Crippen molar-refractivity contribution in [1.82, 2.24) is 4.98 Å². The number of H-pyrrole nitrogens is 1. The maximum Gasteiger partial charge on any atom is 0.524 e. The highest BCUT2D eigenvalue weighted by Gasteiger charge is 2.19. The van der Waals surface area contributed by atoms with Crippen LogP contribution in [0.15, 0.2) is 24.4 Å². The van der Waals surface area contributed by atoms with Crippen LogP contribution in [0.1, 0.15) is 12.5 Å². The van der Waals surface area contributed by atoms with Gasteiger partial charge in [-0.1, -0.05) is 6.07 Å². The molecule has 18 heavy (non-hydrogen) atoms. The van der Waals surface area contributed by atoms with Crippen LogP contribution in [-0.4, -0.2) is 20.8 Å². The molecule has 0 aliphatic heterocycles. The van der Waals surface area contributed by atoms with E-state index in [4.69, 9.17) is 20.0 Å². The molecule has 7 heteroatoms. The quantitative estimate of drug-likeness (QED) is 0.630. The van der Waals surface area contributed by atoms with Gasteiger partial charge in [0.15, 0.2) is 0 Å². The molecule has 0 radical (unpaired) electrons. The Bertz CT molecular complexity index is 602. The van der Waals surface area contributed by atoms with Gasteiger partial charge in [0.05, 0.1) is 0 Å². The van der Waals surface area contributed by atoms with E-state index in [0.717, 1.165) is 11.1 Å². The fraction of sp³-hybridized carbons (Fsp3) is 0.273. The Balaban J connectivity index is 2.52. The Morgan fingerprint density at radius 3 is 2.83 bits per heavy atom. The number of benzene rings is 1. The Morgan fingerprint density at radius 1 is 1.50 bits per heavy atom. The van der Waals surface area contributed by atoms with Crippen LogP contribution < -0.4 is 10.3 Å². The zero-order valence-electron chi connectivity index (χ0n) is 9.83. The lowest BCUT2D eigenvalue weighted by molar-refractivity contribution is 0.284. The summed E-state index contributed by atoms with van der Waals surface area (Å²) in [4.78, 5) is 20.8. The average Bonchev–Trinajstić information content (AvgIpc) is 2.59. The first-order valence-corrected chi connectivity index (χ1v) is 6.99. The molecule has 0 spiro atoms. The van der Waals surface area contributed by atoms with E-state index < -0.39 is 7.82 Å². The molecule has 98 valence electrons. The maximum atomic E-state index is 10.9. The minimum absolute atomic E-state index is 0.0490. The molecule has 0 amide bonds. The number of fused-ring (bicyclic) bond motifs is 1. The van der Waals surface area contributed by atoms with Crippen molar-refractivity contribution < 1.29 is 18.9 Å². The van der Waals surface area contributed by atoms with E-state index in [0.29, 0.717) is 11.8 Å². The van der Waals surface area contributed by atoms with Crippen LogP contribution in [0, 0.1) is 0 Å². The molecule has 0 aliphatic rings. The van der Waals surface area contributed by atoms with E-state index in [9.17, 15) is 4.57 Å². The molecule has 0 saturated carbocycles. The van der Waals surface area contributed by atoms with Gasteiger partial charge in [0.1, 0.15) is 5.75 Å². The molecule has 2 rings (SSSR count). The fourth-order valence-corrected chi connectivity index (χ4v) is 2.34. The summed E-state index contributed by atoms with van der Waals surface area (Å²) < 4.78 is 15.6. The van der Waals surface area contributed by atoms with Crippen molar-refractivity contribution in [3.63, 3.8) is 0 Å². The molecule has 6 nitrogen and oxygen atoms in total. The van der Waals surface area contributed by atoms with Crippen molar-refractivity contribution in [1.29, 1.82) is 0 Å². The van der Waals surface area contributed by atoms with Gasteiger partial charge in [-0.05, 0) is 31.0 Å². The van der Waals surface area contributed by atoms with Crippen LogP contribution in [-0.2, 0) is 11.0 Å². The van der Waals surface area contributed by atoms with E-state index in [1.165, 1.54) is 6.07 Å². The molecular formula is C11H15N2O4P. The topological polar surface area (TPSA) is 109 Å². The normalized spacial score (nSPS) is 13.8. The first-order chi connectivity index (χ1) is 8.37. The summed E-state index contributed by atoms with van der Waals surface area (Å²) in [7, 11) is -4.57. The number of phosphoric ester groups is 1. The molecule has 1 heterocycles. The van der Waals surface area contributed by atoms with E-state index in [-0.39, 0.29) is 11.8 Å². The standard InChI is InChI=1S/C11H15N2O4P/c1-7(12)5-8-6-13-9-3-2-4-10(11(8)9)17-18(14,15)16/h2-4,6-7,13H,5,12H2,1H3,(H2,14,15,16). The largest absolute Gasteiger partial charge is 0.524 e. The predicted molar refractivity (Wildman–Crippen MR) is 68.3 cm³/mol. The summed E-state index contributed by atoms with van der Waals surface area (Å²) in [6.07, 6.45) is 2.38. The highest BCUT2D eigenvalue weighted by molar-refractivity contribution is 7.46. The molecule has 0 fully saturated rings. The van der Waals surface area contributed by atoms with E-state index in [1.807, 2.05) is 13.0 Å². The monoisotopic (exact) mass is 270 g/mol. The second-order valence-electron chi connectivity index (χ2n) is 4.26. The molecule has 1 aromatic heterocycles. The second-order valence-corrected chi connectivity index (χ2v) is 5.42. The summed E-state index contributed by atoms with van der Waals surface area (Å²) in [5.41, 5.74) is 7.38. The molecule has 0 aliphatic carbocycles. The molecule has 0 saturated heterocycles. The van der Waals surface area contributed by atoms with Gasteiger partial charge in [-0.15, -0.1) is 0 Å². The van der Waals surface area contributed by atoms with E-state index in [2.05, 4.69) is 4.98 Å². The average molecular weight is 270 g/mol. The van der Waals surface area contributed by atoms with Gasteiger partial charge in [-0.25, -0.2) is 4.57 Å². The third-order valence-electron chi connectivity index (χ3n) is 2.51. The highest BCUT2D eigenvalue weighted by atomic mass is 31.2. The van der Waals surface area contributed by atoms with Crippen molar-refractivity contribution in [2.75, 3.05) is 0 Å². The Hall–Kier alpha value is -1.33. The van der Waals surface area contributed by atoms with Gasteiger partial charge in [0.2, 0.25) is 0 Å². The number of phosphoric acid groups is 1. The minimum atomic E-state index is -4.57. The molecule has 5 N–H and O–H groups in total. The number of hydrogen-bond acceptors (Lipinski definition) is 3. The number of rotatable bonds is 4. The van der Waals surface area contributed by atoms with E-state index >= 15 is 0 Å². The Kier molecular flexibility index (Phi) is 3.45. The van der Waals surface area contributed by atoms with Crippen LogP contribution in [0.3, 0.4) is 0 Å². The van der Waals surface area contributed by atoms with Gasteiger partial charge in [0.25, 0.3) is 0 Å². The lowest BCUT2D eigenvalue weighted by Gasteiger charge is -2.10. The first-order valence-electron chi connectivity index (χ1n) is 5.46. The van der Waals surface area contributed by atoms with Gasteiger partial charge in [0, 0.05) is 23.1 Å². The fourth-order valence-electron chi connectivity index (χ4n) is 1.93. The summed E-state index contributed by atoms with van der Waals surface area (Å²) in [6, 6.07) is 4.96. The molecule has 1 unspecified atom stereocenters. The number of hydrogen-bond donors (Lipinski definition) is 4. The van der Waals surface area contributed by atoms with Crippen LogP contribution in [0.4, 0.5) is 0 Å². The summed E-state index contributed by atoms with van der Waals surface area (Å²) in [6.45, 7) is 1.87. The van der Waals surface area contributed by atoms with E-state index in [1.54, 1.807) is 12.3 Å². The summed E-state index contributed by atoms with van der Waals surface area (Å²) >= 11 is 0. The Labute approximate surface area is 104 Å². The molecular weight excluding hydrogens is 255 g/mol. The maximum absolute atomic E-state index is 10.9. The van der Waals surface area contributed by atoms with Crippen molar-refractivity contribution in [3.05, 3.63) is 30.0 Å². The number of nitrogens with two attached hydrogens (primary N) is 1. The van der Waals surface area contributed by atoms with Crippen molar-refractivity contribution in [3.8, 4) is 5.75 Å². The van der Waals surface area contributed by atoms with Crippen molar-refractivity contribution >= 4 is 18.7 Å². The second kappa shape index (κ2) is 4.74. The lowest BCUT2D eigenvalue weighted by Crippen LogP contribution is -2.17. The van der Waals surface area contributed by atoms with Gasteiger partial charge < -0.3 is 15.2 Å². The van der Waals surface area contributed by atoms with Crippen LogP contribution in [0.5, 0.6) is 5.75 Å². The zero-order valence-corrected chi connectivity index (χ0v) is 10.7. The first kappa shape index (κ1) is 13.1. The molecule has 0 bridgehead atoms. The highest BCUT2D eigenvalue weighted by Crippen LogP contribution is 2.41. The number of aromatic nitrogens is 1. The van der Waals surface area contributed by atoms with Crippen molar-refractivity contribution in [2.24, 2.45) is 5.73 Å². The minimum Gasteiger partial charge on any atom is -0.404 e. The molecule has 1 aromatic carbocycles. The van der Waals surface area contributed by atoms with Gasteiger partial charge >= 0.3 is 7.82 Å². The van der Waals surface area contributed by atoms with Crippen molar-refractivity contribution in [2.45, 2.75) is 19.4 Å². The Morgan fingerprint density at radius 2 is 2.22 bits per heavy atom. The molecule has 2 aromatic rings. The molecule has 1 atom stereocenters. The predicted octanol–water partition coefficient (Wildman–Crippen LogP) is 1.53. The van der Waals surface area contributed by atoms with Crippen LogP contribution in [0.2, 0.25) is 0 Å². The number of nitrogens with one attached hydrogen (secondary N) is 1. The summed E-state index contributed by atoms with van der Waals surface area (Å²) in [5, 5.41) is 0.665. The third kappa shape index (κ3) is 2.91. The van der Waals surface area contributed by atoms with Gasteiger partial charge in [-0.2, -0.15) is 0 Å². The smallest absolute Gasteiger partial charge is 0.404 e.